The van der Waals surface area contributed by atoms with Crippen molar-refractivity contribution in [3.05, 3.63) is 44.9 Å². The molecular formula is C12H12N2O4. The quantitative estimate of drug-likeness (QED) is 0.467. The summed E-state index contributed by atoms with van der Waals surface area (Å²) in [6.45, 7) is 8.39. The maximum atomic E-state index is 10.6. The molecule has 0 aromatic heterocycles. The summed E-state index contributed by atoms with van der Waals surface area (Å²) in [6, 6.07) is 3.03. The summed E-state index contributed by atoms with van der Waals surface area (Å²) in [5.74, 6) is 0.746. The largest absolute Gasteiger partial charge is 0.508 e. The first-order chi connectivity index (χ1) is 8.53. The summed E-state index contributed by atoms with van der Waals surface area (Å²) >= 11 is 0. The molecule has 0 radical (unpaired) electrons. The summed E-state index contributed by atoms with van der Waals surface area (Å²) in [6.07, 6.45) is 1.37. The van der Waals surface area contributed by atoms with Crippen molar-refractivity contribution in [3.8, 4) is 11.5 Å². The van der Waals surface area contributed by atoms with Crippen LogP contribution in [0.25, 0.3) is 10.9 Å². The van der Waals surface area contributed by atoms with E-state index in [2.05, 4.69) is 4.85 Å². The molecule has 6 heteroatoms. The van der Waals surface area contributed by atoms with Crippen LogP contribution in [0.2, 0.25) is 0 Å². The lowest BCUT2D eigenvalue weighted by molar-refractivity contribution is -0.422. The van der Waals surface area contributed by atoms with Gasteiger partial charge in [-0.15, -0.1) is 0 Å². The fourth-order valence-corrected chi connectivity index (χ4v) is 1.38. The molecule has 0 N–H and O–H groups in total. The van der Waals surface area contributed by atoms with E-state index in [1.165, 1.54) is 33.3 Å². The van der Waals surface area contributed by atoms with Crippen molar-refractivity contribution >= 4 is 11.8 Å². The molecule has 0 atom stereocenters. The Balaban J connectivity index is 3.40. The predicted molar refractivity (Wildman–Crippen MR) is 66.5 cm³/mol. The molecule has 0 aliphatic rings. The van der Waals surface area contributed by atoms with E-state index >= 15 is 0 Å². The molecule has 0 saturated carbocycles. The zero-order chi connectivity index (χ0) is 13.7. The summed E-state index contributed by atoms with van der Waals surface area (Å²) in [7, 11) is 2.87. The van der Waals surface area contributed by atoms with Crippen molar-refractivity contribution in [3.63, 3.8) is 0 Å². The van der Waals surface area contributed by atoms with Gasteiger partial charge in [0.05, 0.1) is 25.7 Å². The second-order valence-corrected chi connectivity index (χ2v) is 3.42. The van der Waals surface area contributed by atoms with Gasteiger partial charge in [0.1, 0.15) is 11.5 Å². The van der Waals surface area contributed by atoms with E-state index in [1.807, 2.05) is 0 Å². The molecule has 0 bridgehead atoms. The molecule has 1 aromatic rings. The molecule has 18 heavy (non-hydrogen) atoms. The number of hydrogen-bond donors (Lipinski definition) is 0. The van der Waals surface area contributed by atoms with Crippen molar-refractivity contribution in [2.24, 2.45) is 0 Å². The number of benzene rings is 1. The smallest absolute Gasteiger partial charge is 0.243 e. The second kappa shape index (κ2) is 5.68. The van der Waals surface area contributed by atoms with Crippen LogP contribution >= 0.6 is 0 Å². The molecule has 0 unspecified atom stereocenters. The van der Waals surface area contributed by atoms with Crippen molar-refractivity contribution in [1.29, 1.82) is 0 Å². The maximum absolute atomic E-state index is 10.6. The molecule has 94 valence electrons. The first kappa shape index (κ1) is 13.5. The van der Waals surface area contributed by atoms with Gasteiger partial charge in [0.15, 0.2) is 0 Å². The molecule has 0 fully saturated rings. The SMILES string of the molecule is [C-]#[N+]c1cc(OC)c(/C=C(\C)[N+](=O)[O-])cc1OC. The van der Waals surface area contributed by atoms with Crippen LogP contribution < -0.4 is 9.47 Å². The van der Waals surface area contributed by atoms with E-state index in [1.54, 1.807) is 6.07 Å². The summed E-state index contributed by atoms with van der Waals surface area (Å²) in [5, 5.41) is 10.6. The Morgan fingerprint density at radius 1 is 1.39 bits per heavy atom. The Morgan fingerprint density at radius 3 is 2.44 bits per heavy atom. The molecule has 0 aliphatic carbocycles. The minimum absolute atomic E-state index is 0.0223. The van der Waals surface area contributed by atoms with Gasteiger partial charge in [-0.3, -0.25) is 10.1 Å². The van der Waals surface area contributed by atoms with Gasteiger partial charge >= 0.3 is 0 Å². The predicted octanol–water partition coefficient (Wildman–Crippen LogP) is 2.89. The molecule has 1 aromatic carbocycles. The van der Waals surface area contributed by atoms with Crippen LogP contribution in [-0.2, 0) is 0 Å². The van der Waals surface area contributed by atoms with Gasteiger partial charge in [-0.25, -0.2) is 4.85 Å². The fourth-order valence-electron chi connectivity index (χ4n) is 1.38. The first-order valence-electron chi connectivity index (χ1n) is 4.99. The highest BCUT2D eigenvalue weighted by atomic mass is 16.6. The van der Waals surface area contributed by atoms with Crippen LogP contribution in [0.4, 0.5) is 5.69 Å². The van der Waals surface area contributed by atoms with E-state index in [4.69, 9.17) is 16.0 Å². The third-order valence-electron chi connectivity index (χ3n) is 2.30. The lowest BCUT2D eigenvalue weighted by Crippen LogP contribution is -1.95. The highest BCUT2D eigenvalue weighted by molar-refractivity contribution is 5.70. The highest BCUT2D eigenvalue weighted by Crippen LogP contribution is 2.36. The third kappa shape index (κ3) is 2.77. The molecule has 0 spiro atoms. The van der Waals surface area contributed by atoms with Gasteiger partial charge in [0, 0.05) is 18.6 Å². The molecule has 1 rings (SSSR count). The number of allylic oxidation sites excluding steroid dienone is 1. The highest BCUT2D eigenvalue weighted by Gasteiger charge is 2.12. The van der Waals surface area contributed by atoms with Gasteiger partial charge in [-0.05, 0) is 12.1 Å². The Bertz CT molecular complexity index is 544. The van der Waals surface area contributed by atoms with Gasteiger partial charge < -0.3 is 9.47 Å². The number of rotatable bonds is 4. The van der Waals surface area contributed by atoms with Gasteiger partial charge in [0.25, 0.3) is 0 Å². The van der Waals surface area contributed by atoms with E-state index in [-0.39, 0.29) is 5.70 Å². The second-order valence-electron chi connectivity index (χ2n) is 3.42. The van der Waals surface area contributed by atoms with Crippen LogP contribution in [0.3, 0.4) is 0 Å². The van der Waals surface area contributed by atoms with Crippen molar-refractivity contribution in [2.45, 2.75) is 6.92 Å². The topological polar surface area (TPSA) is 66.0 Å². The van der Waals surface area contributed by atoms with E-state index in [0.29, 0.717) is 22.7 Å². The van der Waals surface area contributed by atoms with Gasteiger partial charge in [-0.1, -0.05) is 0 Å². The zero-order valence-electron chi connectivity index (χ0n) is 10.3. The molecule has 0 saturated heterocycles. The zero-order valence-corrected chi connectivity index (χ0v) is 10.3. The Kier molecular flexibility index (Phi) is 4.27. The number of nitro groups is 1. The summed E-state index contributed by atoms with van der Waals surface area (Å²) < 4.78 is 10.2. The fraction of sp³-hybridized carbons (Fsp3) is 0.250. The normalized spacial score (nSPS) is 10.7. The lowest BCUT2D eigenvalue weighted by Gasteiger charge is -2.09. The average molecular weight is 248 g/mol. The molecule has 0 heterocycles. The van der Waals surface area contributed by atoms with Gasteiger partial charge in [-0.2, -0.15) is 0 Å². The van der Waals surface area contributed by atoms with Crippen LogP contribution in [0.1, 0.15) is 12.5 Å². The Labute approximate surface area is 104 Å². The number of methoxy groups -OCH3 is 2. The standard InChI is InChI=1S/C12H12N2O4/c1-8(14(15)16)5-9-6-12(18-4)10(13-2)7-11(9)17-3/h5-7H,1,3-4H3/b8-5+. The van der Waals surface area contributed by atoms with Crippen LogP contribution in [-0.4, -0.2) is 19.1 Å². The minimum atomic E-state index is -0.491. The molecule has 6 nitrogen and oxygen atoms in total. The van der Waals surface area contributed by atoms with Crippen molar-refractivity contribution < 1.29 is 14.4 Å². The Morgan fingerprint density at radius 2 is 2.00 bits per heavy atom. The van der Waals surface area contributed by atoms with Gasteiger partial charge in [0.2, 0.25) is 11.4 Å². The summed E-state index contributed by atoms with van der Waals surface area (Å²) in [5.41, 5.74) is 0.770. The van der Waals surface area contributed by atoms with E-state index in [9.17, 15) is 10.1 Å². The molecule has 0 amide bonds. The summed E-state index contributed by atoms with van der Waals surface area (Å²) in [4.78, 5) is 13.4. The Hall–Kier alpha value is -2.55. The third-order valence-corrected chi connectivity index (χ3v) is 2.30. The first-order valence-corrected chi connectivity index (χ1v) is 4.99. The monoisotopic (exact) mass is 248 g/mol. The maximum Gasteiger partial charge on any atom is 0.243 e. The molecular weight excluding hydrogens is 236 g/mol. The number of nitrogens with zero attached hydrogens (tertiary/aromatic N) is 2. The van der Waals surface area contributed by atoms with Crippen LogP contribution in [0.15, 0.2) is 17.8 Å². The average Bonchev–Trinajstić information content (AvgIpc) is 2.37. The number of ether oxygens (including phenoxy) is 2. The van der Waals surface area contributed by atoms with E-state index < -0.39 is 4.92 Å². The number of hydrogen-bond acceptors (Lipinski definition) is 4. The van der Waals surface area contributed by atoms with E-state index in [0.717, 1.165) is 0 Å². The van der Waals surface area contributed by atoms with Crippen LogP contribution in [0, 0.1) is 16.7 Å². The lowest BCUT2D eigenvalue weighted by atomic mass is 10.1. The molecule has 0 aliphatic heterocycles. The van der Waals surface area contributed by atoms with Crippen LogP contribution in [0.5, 0.6) is 11.5 Å². The van der Waals surface area contributed by atoms with Crippen molar-refractivity contribution in [1.82, 2.24) is 0 Å². The minimum Gasteiger partial charge on any atom is -0.508 e. The van der Waals surface area contributed by atoms with Crippen molar-refractivity contribution in [2.75, 3.05) is 14.2 Å².